The molecule has 2 N–H and O–H groups in total. The third kappa shape index (κ3) is 3.21. The van der Waals surface area contributed by atoms with E-state index in [2.05, 4.69) is 6.92 Å². The highest BCUT2D eigenvalue weighted by Gasteiger charge is 2.43. The van der Waals surface area contributed by atoms with Crippen LogP contribution in [0.3, 0.4) is 0 Å². The number of hydrogen-bond acceptors (Lipinski definition) is 4. The summed E-state index contributed by atoms with van der Waals surface area (Å²) in [5.41, 5.74) is 6.59. The molecule has 2 heterocycles. The van der Waals surface area contributed by atoms with Crippen LogP contribution in [0.2, 0.25) is 0 Å². The molecule has 2 fully saturated rings. The van der Waals surface area contributed by atoms with Crippen LogP contribution in [0.5, 0.6) is 0 Å². The fourth-order valence-electron chi connectivity index (χ4n) is 3.31. The molecule has 106 valence electrons. The Morgan fingerprint density at radius 3 is 3.00 bits per heavy atom. The van der Waals surface area contributed by atoms with Crippen LogP contribution in [0, 0.1) is 5.92 Å². The molecular formula is C14H27NO2S. The lowest BCUT2D eigenvalue weighted by Gasteiger charge is -2.41. The van der Waals surface area contributed by atoms with E-state index in [-0.39, 0.29) is 17.7 Å². The second-order valence-electron chi connectivity index (χ2n) is 5.73. The molecule has 4 atom stereocenters. The normalized spacial score (nSPS) is 35.8. The molecular weight excluding hydrogens is 246 g/mol. The molecule has 0 aliphatic carbocycles. The van der Waals surface area contributed by atoms with E-state index in [1.54, 1.807) is 7.11 Å². The van der Waals surface area contributed by atoms with E-state index in [1.807, 2.05) is 11.8 Å². The number of ether oxygens (including phenoxy) is 2. The van der Waals surface area contributed by atoms with Crippen molar-refractivity contribution >= 4 is 11.8 Å². The van der Waals surface area contributed by atoms with E-state index in [0.29, 0.717) is 5.92 Å². The van der Waals surface area contributed by atoms with Gasteiger partial charge in [0.1, 0.15) is 0 Å². The van der Waals surface area contributed by atoms with Gasteiger partial charge in [0.25, 0.3) is 0 Å². The average molecular weight is 273 g/mol. The van der Waals surface area contributed by atoms with Crippen LogP contribution in [0.25, 0.3) is 0 Å². The lowest BCUT2D eigenvalue weighted by Crippen LogP contribution is -2.50. The zero-order valence-electron chi connectivity index (χ0n) is 11.7. The predicted octanol–water partition coefficient (Wildman–Crippen LogP) is 2.43. The summed E-state index contributed by atoms with van der Waals surface area (Å²) in [6.45, 7) is 3.07. The highest BCUT2D eigenvalue weighted by Crippen LogP contribution is 2.41. The molecule has 18 heavy (non-hydrogen) atoms. The Morgan fingerprint density at radius 1 is 1.56 bits per heavy atom. The fraction of sp³-hybridized carbons (Fsp3) is 1.00. The molecule has 2 aliphatic heterocycles. The summed E-state index contributed by atoms with van der Waals surface area (Å²) >= 11 is 2.02. The van der Waals surface area contributed by atoms with Crippen molar-refractivity contribution in [3.05, 3.63) is 0 Å². The maximum absolute atomic E-state index is 6.45. The molecule has 2 rings (SSSR count). The van der Waals surface area contributed by atoms with Gasteiger partial charge in [0, 0.05) is 25.5 Å². The number of hydrogen-bond donors (Lipinski definition) is 1. The molecule has 0 radical (unpaired) electrons. The number of methoxy groups -OCH3 is 1. The minimum atomic E-state index is 0.135. The summed E-state index contributed by atoms with van der Waals surface area (Å²) in [6, 6.07) is 0.168. The first kappa shape index (κ1) is 14.6. The topological polar surface area (TPSA) is 44.5 Å². The Labute approximate surface area is 115 Å². The molecule has 2 saturated heterocycles. The van der Waals surface area contributed by atoms with Gasteiger partial charge in [-0.15, -0.1) is 0 Å². The Kier molecular flexibility index (Phi) is 5.36. The van der Waals surface area contributed by atoms with Crippen LogP contribution in [0.15, 0.2) is 0 Å². The van der Waals surface area contributed by atoms with E-state index in [1.165, 1.54) is 12.2 Å². The molecule has 0 saturated carbocycles. The first-order valence-electron chi connectivity index (χ1n) is 7.21. The van der Waals surface area contributed by atoms with E-state index < -0.39 is 0 Å². The largest absolute Gasteiger partial charge is 0.380 e. The van der Waals surface area contributed by atoms with Crippen molar-refractivity contribution < 1.29 is 9.47 Å². The molecule has 0 bridgehead atoms. The summed E-state index contributed by atoms with van der Waals surface area (Å²) in [5.74, 6) is 2.96. The van der Waals surface area contributed by atoms with Crippen molar-refractivity contribution in [1.82, 2.24) is 0 Å². The molecule has 0 amide bonds. The lowest BCUT2D eigenvalue weighted by atomic mass is 9.79. The summed E-state index contributed by atoms with van der Waals surface area (Å²) in [5, 5.41) is 0. The Bertz CT molecular complexity index is 256. The molecule has 0 aromatic heterocycles. The first-order chi connectivity index (χ1) is 8.71. The zero-order valence-corrected chi connectivity index (χ0v) is 12.5. The Hall–Kier alpha value is 0.230. The van der Waals surface area contributed by atoms with Crippen LogP contribution in [0.4, 0.5) is 0 Å². The van der Waals surface area contributed by atoms with Crippen LogP contribution >= 0.6 is 11.8 Å². The van der Waals surface area contributed by atoms with Crippen LogP contribution < -0.4 is 5.73 Å². The summed E-state index contributed by atoms with van der Waals surface area (Å²) in [4.78, 5) is 0. The Morgan fingerprint density at radius 2 is 2.39 bits per heavy atom. The van der Waals surface area contributed by atoms with E-state index >= 15 is 0 Å². The van der Waals surface area contributed by atoms with Gasteiger partial charge in [-0.1, -0.05) is 13.3 Å². The fourth-order valence-corrected chi connectivity index (χ4v) is 4.69. The van der Waals surface area contributed by atoms with Gasteiger partial charge in [-0.2, -0.15) is 11.8 Å². The Balaban J connectivity index is 1.94. The van der Waals surface area contributed by atoms with Crippen molar-refractivity contribution in [2.45, 2.75) is 56.8 Å². The van der Waals surface area contributed by atoms with Gasteiger partial charge in [-0.3, -0.25) is 0 Å². The zero-order chi connectivity index (χ0) is 13.0. The number of nitrogens with two attached hydrogens (primary N) is 1. The monoisotopic (exact) mass is 273 g/mol. The minimum absolute atomic E-state index is 0.135. The van der Waals surface area contributed by atoms with Gasteiger partial charge in [-0.05, 0) is 37.4 Å². The highest BCUT2D eigenvalue weighted by molar-refractivity contribution is 7.99. The third-order valence-electron chi connectivity index (χ3n) is 4.45. The van der Waals surface area contributed by atoms with Crippen molar-refractivity contribution in [3.63, 3.8) is 0 Å². The van der Waals surface area contributed by atoms with Gasteiger partial charge < -0.3 is 15.2 Å². The minimum Gasteiger partial charge on any atom is -0.380 e. The van der Waals surface area contributed by atoms with E-state index in [0.717, 1.165) is 38.0 Å². The predicted molar refractivity (Wildman–Crippen MR) is 77.0 cm³/mol. The lowest BCUT2D eigenvalue weighted by molar-refractivity contribution is -0.0921. The highest BCUT2D eigenvalue weighted by atomic mass is 32.2. The second-order valence-corrected chi connectivity index (χ2v) is 6.83. The smallest absolute Gasteiger partial charge is 0.0783 e. The standard InChI is InChI=1S/C14H27NO2S/c1-3-4-12(16-2)13(15)11-5-7-17-14(9-11)6-8-18-10-14/h11-13H,3-10,15H2,1-2H3. The maximum atomic E-state index is 6.45. The van der Waals surface area contributed by atoms with Crippen molar-refractivity contribution in [2.24, 2.45) is 11.7 Å². The first-order valence-corrected chi connectivity index (χ1v) is 8.36. The summed E-state index contributed by atoms with van der Waals surface area (Å²) < 4.78 is 11.6. The molecule has 4 unspecified atom stereocenters. The van der Waals surface area contributed by atoms with Gasteiger partial charge in [0.05, 0.1) is 11.7 Å². The van der Waals surface area contributed by atoms with Crippen molar-refractivity contribution in [3.8, 4) is 0 Å². The number of thioether (sulfide) groups is 1. The van der Waals surface area contributed by atoms with Crippen LogP contribution in [-0.2, 0) is 9.47 Å². The summed E-state index contributed by atoms with van der Waals surface area (Å²) in [7, 11) is 1.79. The SMILES string of the molecule is CCCC(OC)C(N)C1CCOC2(CCSC2)C1. The maximum Gasteiger partial charge on any atom is 0.0783 e. The van der Waals surface area contributed by atoms with Gasteiger partial charge in [0.2, 0.25) is 0 Å². The van der Waals surface area contributed by atoms with Gasteiger partial charge in [-0.25, -0.2) is 0 Å². The van der Waals surface area contributed by atoms with E-state index in [4.69, 9.17) is 15.2 Å². The van der Waals surface area contributed by atoms with Crippen LogP contribution in [0.1, 0.15) is 39.0 Å². The second kappa shape index (κ2) is 6.60. The molecule has 1 spiro atoms. The van der Waals surface area contributed by atoms with Crippen LogP contribution in [-0.4, -0.2) is 43.0 Å². The molecule has 3 nitrogen and oxygen atoms in total. The van der Waals surface area contributed by atoms with Crippen molar-refractivity contribution in [1.29, 1.82) is 0 Å². The molecule has 2 aliphatic rings. The quantitative estimate of drug-likeness (QED) is 0.835. The third-order valence-corrected chi connectivity index (χ3v) is 5.67. The molecule has 0 aromatic rings. The van der Waals surface area contributed by atoms with Crippen molar-refractivity contribution in [2.75, 3.05) is 25.2 Å². The summed E-state index contributed by atoms with van der Waals surface area (Å²) in [6.07, 6.45) is 5.84. The number of rotatable bonds is 5. The van der Waals surface area contributed by atoms with Gasteiger partial charge >= 0.3 is 0 Å². The molecule has 4 heteroatoms. The average Bonchev–Trinajstić information content (AvgIpc) is 2.83. The van der Waals surface area contributed by atoms with E-state index in [9.17, 15) is 0 Å². The van der Waals surface area contributed by atoms with Gasteiger partial charge in [0.15, 0.2) is 0 Å². The molecule has 0 aromatic carbocycles.